The van der Waals surface area contributed by atoms with Crippen molar-refractivity contribution in [3.8, 4) is 0 Å². The van der Waals surface area contributed by atoms with Crippen molar-refractivity contribution in [1.82, 2.24) is 10.2 Å². The molecule has 2 saturated heterocycles. The molecule has 3 amide bonds. The van der Waals surface area contributed by atoms with Gasteiger partial charge in [-0.25, -0.2) is 0 Å². The maximum absolute atomic E-state index is 13.4. The second kappa shape index (κ2) is 9.80. The molecule has 4 rings (SSSR count). The van der Waals surface area contributed by atoms with E-state index in [-0.39, 0.29) is 22.3 Å². The summed E-state index contributed by atoms with van der Waals surface area (Å²) in [6.07, 6.45) is 1.33. The zero-order chi connectivity index (χ0) is 25.3. The molecule has 180 valence electrons. The van der Waals surface area contributed by atoms with Crippen LogP contribution in [0.3, 0.4) is 0 Å². The second-order valence-corrected chi connectivity index (χ2v) is 8.75. The minimum absolute atomic E-state index is 0.0303. The van der Waals surface area contributed by atoms with Crippen LogP contribution in [0.5, 0.6) is 0 Å². The van der Waals surface area contributed by atoms with Crippen LogP contribution in [0, 0.1) is 10.1 Å². The third-order valence-corrected chi connectivity index (χ3v) is 6.28. The third-order valence-electron chi connectivity index (χ3n) is 5.76. The molecule has 2 aliphatic heterocycles. The fraction of sp³-hybridized carbons (Fsp3) is 0.217. The highest BCUT2D eigenvalue weighted by Gasteiger charge is 2.35. The third kappa shape index (κ3) is 5.00. The molecule has 0 saturated carbocycles. The minimum Gasteiger partial charge on any atom is -0.367 e. The zero-order valence-corrected chi connectivity index (χ0v) is 20.1. The number of piperazine rings is 1. The summed E-state index contributed by atoms with van der Waals surface area (Å²) in [5.41, 5.74) is 0.886. The van der Waals surface area contributed by atoms with Crippen molar-refractivity contribution in [2.45, 2.75) is 6.92 Å². The number of nitro groups is 1. The van der Waals surface area contributed by atoms with Gasteiger partial charge in [0.05, 0.1) is 10.6 Å². The van der Waals surface area contributed by atoms with E-state index in [2.05, 4.69) is 5.32 Å². The molecule has 2 fully saturated rings. The first-order valence-corrected chi connectivity index (χ1v) is 11.4. The number of hydrogen-bond acceptors (Lipinski definition) is 7. The molecule has 0 radical (unpaired) electrons. The van der Waals surface area contributed by atoms with Crippen molar-refractivity contribution in [1.29, 1.82) is 0 Å². The number of thiocarbonyl (C=S) groups is 1. The summed E-state index contributed by atoms with van der Waals surface area (Å²) < 4.78 is 0. The average Bonchev–Trinajstić information content (AvgIpc) is 2.81. The molecule has 2 heterocycles. The maximum Gasteiger partial charge on any atom is 0.270 e. The Morgan fingerprint density at radius 3 is 2.49 bits per heavy atom. The van der Waals surface area contributed by atoms with Crippen molar-refractivity contribution in [3.63, 3.8) is 0 Å². The second-order valence-electron chi connectivity index (χ2n) is 7.93. The number of nitrogens with zero attached hydrogens (tertiary/aromatic N) is 4. The van der Waals surface area contributed by atoms with Gasteiger partial charge in [-0.05, 0) is 42.6 Å². The van der Waals surface area contributed by atoms with Gasteiger partial charge < -0.3 is 9.80 Å². The number of carbonyl (C=O) groups is 3. The highest BCUT2D eigenvalue weighted by Crippen LogP contribution is 2.30. The number of benzene rings is 2. The van der Waals surface area contributed by atoms with E-state index in [1.165, 1.54) is 31.2 Å². The van der Waals surface area contributed by atoms with Crippen molar-refractivity contribution in [2.24, 2.45) is 0 Å². The Bertz CT molecular complexity index is 1290. The molecule has 0 aliphatic carbocycles. The normalized spacial score (nSPS) is 17.6. The Labute approximate surface area is 210 Å². The lowest BCUT2D eigenvalue weighted by molar-refractivity contribution is -0.384. The van der Waals surface area contributed by atoms with Gasteiger partial charge in [0.15, 0.2) is 5.11 Å². The van der Waals surface area contributed by atoms with Crippen LogP contribution in [0.2, 0.25) is 5.02 Å². The summed E-state index contributed by atoms with van der Waals surface area (Å²) in [6.45, 7) is 3.46. The molecule has 10 nitrogen and oxygen atoms in total. The number of anilines is 2. The average molecular weight is 514 g/mol. The first kappa shape index (κ1) is 24.3. The first-order chi connectivity index (χ1) is 16.7. The summed E-state index contributed by atoms with van der Waals surface area (Å²) in [6, 6.07) is 10.7. The monoisotopic (exact) mass is 513 g/mol. The van der Waals surface area contributed by atoms with Crippen LogP contribution in [0.15, 0.2) is 48.0 Å². The smallest absolute Gasteiger partial charge is 0.270 e. The van der Waals surface area contributed by atoms with Crippen LogP contribution in [0.4, 0.5) is 17.1 Å². The van der Waals surface area contributed by atoms with Crippen LogP contribution in [0.25, 0.3) is 6.08 Å². The van der Waals surface area contributed by atoms with Crippen LogP contribution in [0.1, 0.15) is 12.5 Å². The fourth-order valence-electron chi connectivity index (χ4n) is 3.98. The highest BCUT2D eigenvalue weighted by atomic mass is 35.5. The molecule has 35 heavy (non-hydrogen) atoms. The fourth-order valence-corrected chi connectivity index (χ4v) is 4.45. The quantitative estimate of drug-likeness (QED) is 0.220. The topological polar surface area (TPSA) is 116 Å². The van der Waals surface area contributed by atoms with Gasteiger partial charge in [0.2, 0.25) is 5.91 Å². The highest BCUT2D eigenvalue weighted by molar-refractivity contribution is 7.80. The number of nitrogens with one attached hydrogen (secondary N) is 1. The molecule has 2 aromatic carbocycles. The van der Waals surface area contributed by atoms with E-state index in [4.69, 9.17) is 23.8 Å². The van der Waals surface area contributed by atoms with E-state index in [1.807, 2.05) is 4.90 Å². The van der Waals surface area contributed by atoms with Gasteiger partial charge in [0.1, 0.15) is 5.57 Å². The van der Waals surface area contributed by atoms with Gasteiger partial charge in [-0.2, -0.15) is 0 Å². The van der Waals surface area contributed by atoms with Gasteiger partial charge in [-0.1, -0.05) is 17.7 Å². The maximum atomic E-state index is 13.4. The lowest BCUT2D eigenvalue weighted by Crippen LogP contribution is -2.54. The van der Waals surface area contributed by atoms with Gasteiger partial charge in [-0.15, -0.1) is 0 Å². The van der Waals surface area contributed by atoms with Crippen LogP contribution >= 0.6 is 23.8 Å². The number of amides is 3. The van der Waals surface area contributed by atoms with Crippen molar-refractivity contribution in [3.05, 3.63) is 68.7 Å². The number of halogens is 1. The molecule has 12 heteroatoms. The zero-order valence-electron chi connectivity index (χ0n) is 18.6. The lowest BCUT2D eigenvalue weighted by Gasteiger charge is -2.36. The molecule has 2 aromatic rings. The summed E-state index contributed by atoms with van der Waals surface area (Å²) in [5, 5.41) is 14.2. The van der Waals surface area contributed by atoms with Gasteiger partial charge >= 0.3 is 0 Å². The molecule has 2 aliphatic rings. The predicted molar refractivity (Wildman–Crippen MR) is 135 cm³/mol. The SMILES string of the molecule is CC(=O)N1CCN(c2ccc([N+](=O)[O-])cc2/C=C2/C(=O)NC(=S)N(c3cccc(Cl)c3)C2=O)CC1. The standard InChI is InChI=1S/C23H20ClN5O5S/c1-14(30)26-7-9-27(10-8-26)20-6-5-18(29(33)34)11-15(20)12-19-21(31)25-23(35)28(22(19)32)17-4-2-3-16(24)13-17/h2-6,11-13H,7-10H2,1H3,(H,25,31,35)/b19-12-. The molecule has 0 bridgehead atoms. The Morgan fingerprint density at radius 1 is 1.14 bits per heavy atom. The lowest BCUT2D eigenvalue weighted by atomic mass is 10.0. The van der Waals surface area contributed by atoms with E-state index in [9.17, 15) is 24.5 Å². The molecular formula is C23H20ClN5O5S. The molecule has 0 atom stereocenters. The Hall–Kier alpha value is -3.83. The first-order valence-electron chi connectivity index (χ1n) is 10.6. The molecule has 1 N–H and O–H groups in total. The molecule has 0 spiro atoms. The molecule has 0 unspecified atom stereocenters. The number of nitro benzene ring substituents is 1. The largest absolute Gasteiger partial charge is 0.367 e. The number of carbonyl (C=O) groups excluding carboxylic acids is 3. The summed E-state index contributed by atoms with van der Waals surface area (Å²) in [4.78, 5) is 53.5. The predicted octanol–water partition coefficient (Wildman–Crippen LogP) is 2.75. The van der Waals surface area contributed by atoms with E-state index in [1.54, 1.807) is 29.2 Å². The Morgan fingerprint density at radius 2 is 1.86 bits per heavy atom. The van der Waals surface area contributed by atoms with Gasteiger partial charge in [-0.3, -0.25) is 34.7 Å². The molecular weight excluding hydrogens is 494 g/mol. The van der Waals surface area contributed by atoms with Gasteiger partial charge in [0.25, 0.3) is 17.5 Å². The Balaban J connectivity index is 1.75. The van der Waals surface area contributed by atoms with Crippen LogP contribution in [-0.2, 0) is 14.4 Å². The number of hydrogen-bond donors (Lipinski definition) is 1. The summed E-state index contributed by atoms with van der Waals surface area (Å²) in [5.74, 6) is -1.42. The molecule has 0 aromatic heterocycles. The van der Waals surface area contributed by atoms with E-state index < -0.39 is 16.7 Å². The van der Waals surface area contributed by atoms with Crippen LogP contribution in [-0.4, -0.2) is 58.8 Å². The number of non-ortho nitro benzene ring substituents is 1. The summed E-state index contributed by atoms with van der Waals surface area (Å²) >= 11 is 11.3. The van der Waals surface area contributed by atoms with Crippen molar-refractivity contribution < 1.29 is 19.3 Å². The van der Waals surface area contributed by atoms with Crippen molar-refractivity contribution in [2.75, 3.05) is 36.0 Å². The number of rotatable bonds is 4. The van der Waals surface area contributed by atoms with Crippen molar-refractivity contribution >= 4 is 69.8 Å². The Kier molecular flexibility index (Phi) is 6.81. The van der Waals surface area contributed by atoms with E-state index in [0.29, 0.717) is 48.1 Å². The van der Waals surface area contributed by atoms with Crippen LogP contribution < -0.4 is 15.1 Å². The minimum atomic E-state index is -0.711. The van der Waals surface area contributed by atoms with Gasteiger partial charge in [0, 0.05) is 61.5 Å². The van der Waals surface area contributed by atoms with E-state index >= 15 is 0 Å². The summed E-state index contributed by atoms with van der Waals surface area (Å²) in [7, 11) is 0. The van der Waals surface area contributed by atoms with E-state index in [0.717, 1.165) is 4.90 Å².